The molecule has 3 heterocycles. The van der Waals surface area contributed by atoms with Gasteiger partial charge in [0.2, 0.25) is 11.6 Å². The summed E-state index contributed by atoms with van der Waals surface area (Å²) >= 11 is 0. The number of nitrogens with one attached hydrogen (secondary N) is 1. The first kappa shape index (κ1) is 20.6. The lowest BCUT2D eigenvalue weighted by molar-refractivity contribution is -0.383. The van der Waals surface area contributed by atoms with E-state index >= 15 is 0 Å². The summed E-state index contributed by atoms with van der Waals surface area (Å²) in [6.07, 6.45) is 2.98. The monoisotopic (exact) mass is 445 g/mol. The zero-order valence-corrected chi connectivity index (χ0v) is 17.6. The predicted molar refractivity (Wildman–Crippen MR) is 125 cm³/mol. The van der Waals surface area contributed by atoms with Gasteiger partial charge in [0.15, 0.2) is 0 Å². The van der Waals surface area contributed by atoms with Gasteiger partial charge >= 0.3 is 5.69 Å². The summed E-state index contributed by atoms with van der Waals surface area (Å²) in [4.78, 5) is 28.1. The summed E-state index contributed by atoms with van der Waals surface area (Å²) in [7, 11) is 0. The van der Waals surface area contributed by atoms with E-state index in [0.29, 0.717) is 43.1 Å². The first-order valence-corrected chi connectivity index (χ1v) is 10.5. The highest BCUT2D eigenvalue weighted by Gasteiger charge is 2.30. The van der Waals surface area contributed by atoms with Gasteiger partial charge in [0.25, 0.3) is 0 Å². The van der Waals surface area contributed by atoms with Crippen molar-refractivity contribution in [3.63, 3.8) is 0 Å². The van der Waals surface area contributed by atoms with Gasteiger partial charge in [-0.05, 0) is 24.3 Å². The Morgan fingerprint density at radius 2 is 1.67 bits per heavy atom. The molecule has 0 radical (unpaired) electrons. The Balaban J connectivity index is 1.43. The Hall–Kier alpha value is -4.34. The minimum absolute atomic E-state index is 0.0969. The van der Waals surface area contributed by atoms with Crippen molar-refractivity contribution in [3.8, 4) is 0 Å². The number of aromatic nitrogens is 3. The van der Waals surface area contributed by atoms with Crippen LogP contribution in [0.15, 0.2) is 67.1 Å². The van der Waals surface area contributed by atoms with Crippen molar-refractivity contribution in [2.24, 2.45) is 0 Å². The first-order valence-electron chi connectivity index (χ1n) is 10.5. The maximum Gasteiger partial charge on any atom is 0.353 e. The standard InChI is InChI=1S/C23H20FN7O2/c24-17-7-1-2-9-19(17)29-11-13-30(14-12-29)23-21(31(32)33)22(26-15-27-23)28-18-8-3-5-16-6-4-10-25-20(16)18/h1-10,15H,11-14H2,(H,26,27,28). The van der Waals surface area contributed by atoms with Gasteiger partial charge in [0.05, 0.1) is 21.8 Å². The lowest BCUT2D eigenvalue weighted by Gasteiger charge is -2.36. The number of nitro groups is 1. The molecule has 9 nitrogen and oxygen atoms in total. The van der Waals surface area contributed by atoms with Crippen molar-refractivity contribution < 1.29 is 9.31 Å². The number of hydrogen-bond donors (Lipinski definition) is 1. The molecule has 0 atom stereocenters. The van der Waals surface area contributed by atoms with E-state index < -0.39 is 4.92 Å². The summed E-state index contributed by atoms with van der Waals surface area (Å²) in [6, 6.07) is 15.9. The largest absolute Gasteiger partial charge is 0.366 e. The van der Waals surface area contributed by atoms with Crippen LogP contribution < -0.4 is 15.1 Å². The number of anilines is 4. The van der Waals surface area contributed by atoms with Crippen molar-refractivity contribution in [3.05, 3.63) is 83.1 Å². The van der Waals surface area contributed by atoms with E-state index in [1.807, 2.05) is 34.1 Å². The average molecular weight is 445 g/mol. The molecule has 33 heavy (non-hydrogen) atoms. The minimum atomic E-state index is -0.473. The van der Waals surface area contributed by atoms with Crippen LogP contribution in [-0.2, 0) is 0 Å². The van der Waals surface area contributed by atoms with Crippen molar-refractivity contribution in [1.29, 1.82) is 0 Å². The number of benzene rings is 2. The van der Waals surface area contributed by atoms with Crippen LogP contribution in [0.2, 0.25) is 0 Å². The number of nitrogens with zero attached hydrogens (tertiary/aromatic N) is 6. The van der Waals surface area contributed by atoms with Crippen molar-refractivity contribution in [2.45, 2.75) is 0 Å². The molecular weight excluding hydrogens is 425 g/mol. The van der Waals surface area contributed by atoms with Crippen LogP contribution in [0.5, 0.6) is 0 Å². The predicted octanol–water partition coefficient (Wildman–Crippen LogP) is 4.14. The number of pyridine rings is 1. The zero-order chi connectivity index (χ0) is 22.8. The molecule has 0 unspecified atom stereocenters. The second kappa shape index (κ2) is 8.65. The van der Waals surface area contributed by atoms with Gasteiger partial charge in [0.1, 0.15) is 12.1 Å². The highest BCUT2D eigenvalue weighted by Crippen LogP contribution is 2.35. The van der Waals surface area contributed by atoms with Gasteiger partial charge in [-0.2, -0.15) is 0 Å². The SMILES string of the molecule is O=[N+]([O-])c1c(Nc2cccc3cccnc23)ncnc1N1CCN(c2ccccc2F)CC1. The van der Waals surface area contributed by atoms with Gasteiger partial charge in [-0.1, -0.05) is 30.3 Å². The molecule has 10 heteroatoms. The fourth-order valence-electron chi connectivity index (χ4n) is 4.06. The number of halogens is 1. The van der Waals surface area contributed by atoms with Crippen LogP contribution in [0.4, 0.5) is 33.1 Å². The first-order chi connectivity index (χ1) is 16.1. The number of rotatable bonds is 5. The second-order valence-electron chi connectivity index (χ2n) is 7.58. The number of hydrogen-bond acceptors (Lipinski definition) is 8. The minimum Gasteiger partial charge on any atom is -0.366 e. The van der Waals surface area contributed by atoms with E-state index in [-0.39, 0.29) is 23.1 Å². The van der Waals surface area contributed by atoms with Crippen molar-refractivity contribution in [2.75, 3.05) is 41.3 Å². The molecule has 2 aromatic heterocycles. The Morgan fingerprint density at radius 1 is 0.909 bits per heavy atom. The molecule has 0 spiro atoms. The summed E-state index contributed by atoms with van der Waals surface area (Å²) in [6.45, 7) is 1.94. The van der Waals surface area contributed by atoms with E-state index in [1.54, 1.807) is 30.5 Å². The topological polar surface area (TPSA) is 100 Å². The van der Waals surface area contributed by atoms with Crippen LogP contribution in [0, 0.1) is 15.9 Å². The van der Waals surface area contributed by atoms with E-state index in [2.05, 4.69) is 20.3 Å². The zero-order valence-electron chi connectivity index (χ0n) is 17.6. The summed E-state index contributed by atoms with van der Waals surface area (Å²) < 4.78 is 14.2. The average Bonchev–Trinajstić information content (AvgIpc) is 2.84. The lowest BCUT2D eigenvalue weighted by Crippen LogP contribution is -2.47. The van der Waals surface area contributed by atoms with Crippen molar-refractivity contribution in [1.82, 2.24) is 15.0 Å². The summed E-state index contributed by atoms with van der Waals surface area (Å²) in [5.41, 5.74) is 1.63. The maximum atomic E-state index is 14.2. The Morgan fingerprint density at radius 3 is 2.45 bits per heavy atom. The highest BCUT2D eigenvalue weighted by molar-refractivity contribution is 5.92. The molecule has 1 fully saturated rings. The lowest BCUT2D eigenvalue weighted by atomic mass is 10.2. The van der Waals surface area contributed by atoms with E-state index in [1.165, 1.54) is 12.4 Å². The molecule has 0 amide bonds. The normalized spacial score (nSPS) is 13.8. The van der Waals surface area contributed by atoms with Gasteiger partial charge in [-0.3, -0.25) is 15.1 Å². The molecule has 166 valence electrons. The molecule has 5 rings (SSSR count). The number of fused-ring (bicyclic) bond motifs is 1. The van der Waals surface area contributed by atoms with Crippen LogP contribution in [0.1, 0.15) is 0 Å². The Kier molecular flexibility index (Phi) is 5.39. The molecule has 0 saturated carbocycles. The molecule has 4 aromatic rings. The quantitative estimate of drug-likeness (QED) is 0.361. The van der Waals surface area contributed by atoms with Crippen LogP contribution in [0.25, 0.3) is 10.9 Å². The molecular formula is C23H20FN7O2. The van der Waals surface area contributed by atoms with Gasteiger partial charge < -0.3 is 15.1 Å². The summed E-state index contributed by atoms with van der Waals surface area (Å²) in [5.74, 6) is 0.0488. The van der Waals surface area contributed by atoms with E-state index in [9.17, 15) is 14.5 Å². The fraction of sp³-hybridized carbons (Fsp3) is 0.174. The third kappa shape index (κ3) is 3.98. The van der Waals surface area contributed by atoms with E-state index in [4.69, 9.17) is 0 Å². The van der Waals surface area contributed by atoms with Gasteiger partial charge in [-0.15, -0.1) is 0 Å². The van der Waals surface area contributed by atoms with Crippen molar-refractivity contribution >= 4 is 39.6 Å². The van der Waals surface area contributed by atoms with Gasteiger partial charge in [0, 0.05) is 37.8 Å². The second-order valence-corrected chi connectivity index (χ2v) is 7.58. The molecule has 2 aromatic carbocycles. The molecule has 0 aliphatic carbocycles. The molecule has 1 N–H and O–H groups in total. The molecule has 1 saturated heterocycles. The highest BCUT2D eigenvalue weighted by atomic mass is 19.1. The third-order valence-electron chi connectivity index (χ3n) is 5.64. The number of para-hydroxylation sites is 2. The molecule has 1 aliphatic rings. The van der Waals surface area contributed by atoms with Crippen LogP contribution in [0.3, 0.4) is 0 Å². The van der Waals surface area contributed by atoms with Gasteiger partial charge in [-0.25, -0.2) is 14.4 Å². The van der Waals surface area contributed by atoms with E-state index in [0.717, 1.165) is 5.39 Å². The van der Waals surface area contributed by atoms with Crippen LogP contribution in [-0.4, -0.2) is 46.1 Å². The summed E-state index contributed by atoms with van der Waals surface area (Å²) in [5, 5.41) is 16.0. The Bertz CT molecular complexity index is 1320. The fourth-order valence-corrected chi connectivity index (χ4v) is 4.06. The smallest absolute Gasteiger partial charge is 0.353 e. The number of piperazine rings is 1. The third-order valence-corrected chi connectivity index (χ3v) is 5.64. The van der Waals surface area contributed by atoms with Crippen LogP contribution >= 0.6 is 0 Å². The molecule has 0 bridgehead atoms. The Labute approximate surface area is 188 Å². The maximum absolute atomic E-state index is 14.2. The molecule has 1 aliphatic heterocycles.